The fourth-order valence-electron chi connectivity index (χ4n) is 2.38. The van der Waals surface area contributed by atoms with Crippen molar-refractivity contribution in [2.75, 3.05) is 12.4 Å². The zero-order chi connectivity index (χ0) is 20.3. The number of nitrogens with two attached hydrogens (primary N) is 1. The lowest BCUT2D eigenvalue weighted by molar-refractivity contribution is 0.0379. The van der Waals surface area contributed by atoms with Crippen molar-refractivity contribution in [2.45, 2.75) is 26.9 Å². The molecule has 1 heterocycles. The average Bonchev–Trinajstić information content (AvgIpc) is 2.90. The summed E-state index contributed by atoms with van der Waals surface area (Å²) in [6.45, 7) is 4.97. The fourth-order valence-corrected chi connectivity index (χ4v) is 3.60. The van der Waals surface area contributed by atoms with Gasteiger partial charge >= 0.3 is 5.97 Å². The molecule has 0 fully saturated rings. The number of carbonyl (C=O) groups excluding carboxylic acids is 3. The number of hydrogen-bond acceptors (Lipinski definition) is 6. The van der Waals surface area contributed by atoms with Gasteiger partial charge in [0, 0.05) is 5.02 Å². The van der Waals surface area contributed by atoms with Crippen molar-refractivity contribution < 1.29 is 23.9 Å². The number of esters is 1. The first-order valence-corrected chi connectivity index (χ1v) is 9.14. The van der Waals surface area contributed by atoms with E-state index in [-0.39, 0.29) is 27.1 Å². The van der Waals surface area contributed by atoms with E-state index in [0.717, 1.165) is 11.3 Å². The topological polar surface area (TPSA) is 108 Å². The number of primary amides is 1. The van der Waals surface area contributed by atoms with Crippen molar-refractivity contribution in [1.29, 1.82) is 0 Å². The molecular formula is C18H19ClN2O5S. The van der Waals surface area contributed by atoms with Crippen molar-refractivity contribution >= 4 is 45.7 Å². The van der Waals surface area contributed by atoms with Gasteiger partial charge in [-0.25, -0.2) is 4.79 Å². The Labute approximate surface area is 165 Å². The summed E-state index contributed by atoms with van der Waals surface area (Å²) in [7, 11) is 1.42. The molecule has 0 aliphatic rings. The van der Waals surface area contributed by atoms with E-state index >= 15 is 0 Å². The molecule has 1 aromatic carbocycles. The molecule has 2 rings (SSSR count). The Hall–Kier alpha value is -2.58. The summed E-state index contributed by atoms with van der Waals surface area (Å²) >= 11 is 6.87. The largest absolute Gasteiger partial charge is 0.496 e. The van der Waals surface area contributed by atoms with Crippen LogP contribution in [0.3, 0.4) is 0 Å². The Balaban J connectivity index is 2.47. The van der Waals surface area contributed by atoms with Crippen LogP contribution in [0, 0.1) is 6.92 Å². The van der Waals surface area contributed by atoms with E-state index in [1.807, 2.05) is 0 Å². The lowest BCUT2D eigenvalue weighted by atomic mass is 10.1. The molecule has 0 atom stereocenters. The molecule has 0 aliphatic carbocycles. The maximum atomic E-state index is 12.7. The summed E-state index contributed by atoms with van der Waals surface area (Å²) in [5.41, 5.74) is 6.00. The third-order valence-electron chi connectivity index (χ3n) is 3.55. The second kappa shape index (κ2) is 8.41. The van der Waals surface area contributed by atoms with E-state index in [2.05, 4.69) is 5.32 Å². The number of benzene rings is 1. The Bertz CT molecular complexity index is 907. The molecule has 0 bridgehead atoms. The van der Waals surface area contributed by atoms with E-state index in [0.29, 0.717) is 16.3 Å². The van der Waals surface area contributed by atoms with Crippen molar-refractivity contribution in [3.63, 3.8) is 0 Å². The number of methoxy groups -OCH3 is 1. The van der Waals surface area contributed by atoms with Gasteiger partial charge < -0.3 is 20.5 Å². The molecule has 2 aromatic rings. The van der Waals surface area contributed by atoms with Crippen molar-refractivity contribution in [1.82, 2.24) is 0 Å². The lowest BCUT2D eigenvalue weighted by Crippen LogP contribution is -2.17. The van der Waals surface area contributed by atoms with Gasteiger partial charge in [0.25, 0.3) is 11.8 Å². The van der Waals surface area contributed by atoms with Crippen molar-refractivity contribution in [2.24, 2.45) is 5.73 Å². The molecule has 0 saturated carbocycles. The Morgan fingerprint density at radius 2 is 1.93 bits per heavy atom. The highest BCUT2D eigenvalue weighted by Crippen LogP contribution is 2.35. The van der Waals surface area contributed by atoms with Crippen LogP contribution in [-0.2, 0) is 4.74 Å². The van der Waals surface area contributed by atoms with Gasteiger partial charge in [0.15, 0.2) is 0 Å². The fraction of sp³-hybridized carbons (Fsp3) is 0.278. The first-order valence-electron chi connectivity index (χ1n) is 7.94. The molecule has 9 heteroatoms. The molecular weight excluding hydrogens is 392 g/mol. The standard InChI is InChI=1S/C18H19ClN2O5S/c1-8(2)26-18(24)13-9(3)14(15(20)22)27-17(13)21-16(23)11-7-10(19)5-6-12(11)25-4/h5-8H,1-4H3,(H2,20,22)(H,21,23). The van der Waals surface area contributed by atoms with Crippen molar-refractivity contribution in [3.8, 4) is 5.75 Å². The number of thiophene rings is 1. The van der Waals surface area contributed by atoms with E-state index in [4.69, 9.17) is 26.8 Å². The zero-order valence-corrected chi connectivity index (χ0v) is 16.8. The molecule has 27 heavy (non-hydrogen) atoms. The van der Waals surface area contributed by atoms with Crippen LogP contribution < -0.4 is 15.8 Å². The number of anilines is 1. The molecule has 0 aliphatic heterocycles. The predicted molar refractivity (Wildman–Crippen MR) is 104 cm³/mol. The normalized spacial score (nSPS) is 10.6. The minimum absolute atomic E-state index is 0.0943. The number of nitrogens with one attached hydrogen (secondary N) is 1. The van der Waals surface area contributed by atoms with Gasteiger partial charge in [-0.3, -0.25) is 9.59 Å². The molecule has 7 nitrogen and oxygen atoms in total. The molecule has 2 amide bonds. The third kappa shape index (κ3) is 4.58. The molecule has 0 spiro atoms. The predicted octanol–water partition coefficient (Wildman–Crippen LogP) is 3.63. The quantitative estimate of drug-likeness (QED) is 0.707. The minimum atomic E-state index is -0.697. The third-order valence-corrected chi connectivity index (χ3v) is 5.01. The van der Waals surface area contributed by atoms with Crippen LogP contribution in [0.1, 0.15) is 49.8 Å². The van der Waals surface area contributed by atoms with E-state index in [1.165, 1.54) is 13.2 Å². The number of amides is 2. The van der Waals surface area contributed by atoms with E-state index < -0.39 is 17.8 Å². The molecule has 0 radical (unpaired) electrons. The first kappa shape index (κ1) is 20.7. The van der Waals surface area contributed by atoms with Crippen LogP contribution in [0.4, 0.5) is 5.00 Å². The summed E-state index contributed by atoms with van der Waals surface area (Å²) in [5, 5.41) is 3.14. The van der Waals surface area contributed by atoms with Gasteiger partial charge in [0.05, 0.1) is 29.2 Å². The highest BCUT2D eigenvalue weighted by Gasteiger charge is 2.27. The smallest absolute Gasteiger partial charge is 0.341 e. The first-order chi connectivity index (χ1) is 12.6. The maximum absolute atomic E-state index is 12.7. The Morgan fingerprint density at radius 1 is 1.26 bits per heavy atom. The maximum Gasteiger partial charge on any atom is 0.341 e. The lowest BCUT2D eigenvalue weighted by Gasteiger charge is -2.12. The van der Waals surface area contributed by atoms with E-state index in [1.54, 1.807) is 32.9 Å². The van der Waals surface area contributed by atoms with Gasteiger partial charge in [-0.2, -0.15) is 0 Å². The van der Waals surface area contributed by atoms with Gasteiger partial charge in [-0.1, -0.05) is 11.6 Å². The molecule has 144 valence electrons. The Morgan fingerprint density at radius 3 is 2.48 bits per heavy atom. The van der Waals surface area contributed by atoms with Gasteiger partial charge in [0.2, 0.25) is 0 Å². The highest BCUT2D eigenvalue weighted by molar-refractivity contribution is 7.18. The summed E-state index contributed by atoms with van der Waals surface area (Å²) in [4.78, 5) is 37.0. The molecule has 0 unspecified atom stereocenters. The number of halogens is 1. The van der Waals surface area contributed by atoms with E-state index in [9.17, 15) is 14.4 Å². The van der Waals surface area contributed by atoms with Gasteiger partial charge in [0.1, 0.15) is 10.8 Å². The second-order valence-electron chi connectivity index (χ2n) is 5.88. The van der Waals surface area contributed by atoms with Crippen LogP contribution >= 0.6 is 22.9 Å². The number of ether oxygens (including phenoxy) is 2. The minimum Gasteiger partial charge on any atom is -0.496 e. The van der Waals surface area contributed by atoms with Crippen LogP contribution in [0.25, 0.3) is 0 Å². The van der Waals surface area contributed by atoms with Crippen LogP contribution in [0.5, 0.6) is 5.75 Å². The van der Waals surface area contributed by atoms with Crippen molar-refractivity contribution in [3.05, 3.63) is 44.8 Å². The monoisotopic (exact) mass is 410 g/mol. The second-order valence-corrected chi connectivity index (χ2v) is 7.33. The molecule has 0 saturated heterocycles. The number of hydrogen-bond donors (Lipinski definition) is 2. The average molecular weight is 411 g/mol. The molecule has 1 aromatic heterocycles. The summed E-state index contributed by atoms with van der Waals surface area (Å²) in [6.07, 6.45) is -0.370. The van der Waals surface area contributed by atoms with Gasteiger partial charge in [-0.15, -0.1) is 11.3 Å². The number of carbonyl (C=O) groups is 3. The summed E-state index contributed by atoms with van der Waals surface area (Å²) in [5.74, 6) is -1.59. The zero-order valence-electron chi connectivity index (χ0n) is 15.2. The summed E-state index contributed by atoms with van der Waals surface area (Å²) < 4.78 is 10.4. The summed E-state index contributed by atoms with van der Waals surface area (Å²) in [6, 6.07) is 4.58. The Kier molecular flexibility index (Phi) is 6.45. The van der Waals surface area contributed by atoms with Crippen LogP contribution in [0.2, 0.25) is 5.02 Å². The van der Waals surface area contributed by atoms with Gasteiger partial charge in [-0.05, 0) is 44.5 Å². The van der Waals surface area contributed by atoms with Crippen LogP contribution in [-0.4, -0.2) is 31.0 Å². The SMILES string of the molecule is COc1ccc(Cl)cc1C(=O)Nc1sc(C(N)=O)c(C)c1C(=O)OC(C)C. The van der Waals surface area contributed by atoms with Crippen LogP contribution in [0.15, 0.2) is 18.2 Å². The number of rotatable bonds is 6. The highest BCUT2D eigenvalue weighted by atomic mass is 35.5. The molecule has 3 N–H and O–H groups in total.